The zero-order valence-electron chi connectivity index (χ0n) is 14.8. The summed E-state index contributed by atoms with van der Waals surface area (Å²) in [5, 5.41) is 4.45. The van der Waals surface area contributed by atoms with Crippen LogP contribution in [0.4, 0.5) is 0 Å². The average molecular weight is 326 g/mol. The number of hydrogen-bond donors (Lipinski definition) is 0. The fourth-order valence-electron chi connectivity index (χ4n) is 3.58. The van der Waals surface area contributed by atoms with Gasteiger partial charge in [-0.05, 0) is 70.2 Å². The van der Waals surface area contributed by atoms with Gasteiger partial charge in [0.2, 0.25) is 0 Å². The molecule has 24 heavy (non-hydrogen) atoms. The van der Waals surface area contributed by atoms with E-state index in [2.05, 4.69) is 22.2 Å². The van der Waals surface area contributed by atoms with Crippen molar-refractivity contribution in [2.45, 2.75) is 59.0 Å². The number of aryl methyl sites for hydroxylation is 4. The van der Waals surface area contributed by atoms with E-state index < -0.39 is 0 Å². The summed E-state index contributed by atoms with van der Waals surface area (Å²) >= 11 is 0. The van der Waals surface area contributed by atoms with Crippen LogP contribution in [0.25, 0.3) is 0 Å². The van der Waals surface area contributed by atoms with E-state index in [0.717, 1.165) is 50.2 Å². The monoisotopic (exact) mass is 326 g/mol. The van der Waals surface area contributed by atoms with Crippen LogP contribution >= 0.6 is 0 Å². The molecule has 0 radical (unpaired) electrons. The smallest absolute Gasteiger partial charge is 0.274 e. The lowest BCUT2D eigenvalue weighted by molar-refractivity contribution is 0.0723. The van der Waals surface area contributed by atoms with Crippen molar-refractivity contribution in [2.75, 3.05) is 6.54 Å². The minimum Gasteiger partial charge on any atom is -0.334 e. The molecule has 0 N–H and O–H groups in total. The van der Waals surface area contributed by atoms with Crippen molar-refractivity contribution < 1.29 is 4.79 Å². The Morgan fingerprint density at radius 1 is 1.33 bits per heavy atom. The third-order valence-corrected chi connectivity index (χ3v) is 4.87. The van der Waals surface area contributed by atoms with E-state index in [4.69, 9.17) is 0 Å². The highest BCUT2D eigenvalue weighted by Crippen LogP contribution is 2.24. The Morgan fingerprint density at radius 2 is 2.17 bits per heavy atom. The fourth-order valence-corrected chi connectivity index (χ4v) is 3.58. The van der Waals surface area contributed by atoms with Crippen molar-refractivity contribution >= 4 is 5.91 Å². The molecule has 1 aliphatic rings. The zero-order chi connectivity index (χ0) is 17.1. The molecule has 1 unspecified atom stereocenters. The van der Waals surface area contributed by atoms with Crippen molar-refractivity contribution in [3.63, 3.8) is 0 Å². The predicted molar refractivity (Wildman–Crippen MR) is 94.0 cm³/mol. The number of carbonyl (C=O) groups excluding carboxylic acids is 1. The van der Waals surface area contributed by atoms with Gasteiger partial charge in [-0.3, -0.25) is 14.5 Å². The highest BCUT2D eigenvalue weighted by Gasteiger charge is 2.30. The number of pyridine rings is 1. The number of amides is 1. The molecule has 1 atom stereocenters. The van der Waals surface area contributed by atoms with Gasteiger partial charge in [0.05, 0.1) is 0 Å². The summed E-state index contributed by atoms with van der Waals surface area (Å²) in [6, 6.07) is 6.43. The van der Waals surface area contributed by atoms with E-state index in [1.807, 2.05) is 42.6 Å². The first kappa shape index (κ1) is 16.7. The van der Waals surface area contributed by atoms with E-state index in [-0.39, 0.29) is 5.91 Å². The third kappa shape index (κ3) is 3.50. The average Bonchev–Trinajstić information content (AvgIpc) is 3.18. The Balaban J connectivity index is 1.67. The Labute approximate surface area is 143 Å². The molecule has 0 spiro atoms. The van der Waals surface area contributed by atoms with Crippen LogP contribution in [0.2, 0.25) is 0 Å². The Bertz CT molecular complexity index is 722. The standard InChI is InChI=1S/C19H26N4O/c1-4-23-15(3)13-18(21-23)19(24)22-11-5-6-17(22)8-7-16-9-10-20-14(2)12-16/h9-10,12-13,17H,4-8,11H2,1-3H3. The van der Waals surface area contributed by atoms with E-state index in [0.29, 0.717) is 11.7 Å². The van der Waals surface area contributed by atoms with Crippen molar-refractivity contribution in [1.82, 2.24) is 19.7 Å². The summed E-state index contributed by atoms with van der Waals surface area (Å²) in [6.07, 6.45) is 6.02. The maximum atomic E-state index is 12.8. The molecule has 3 rings (SSSR count). The van der Waals surface area contributed by atoms with Gasteiger partial charge in [0, 0.05) is 36.7 Å². The number of hydrogen-bond acceptors (Lipinski definition) is 3. The molecule has 0 aliphatic carbocycles. The van der Waals surface area contributed by atoms with Crippen LogP contribution in [0.3, 0.4) is 0 Å². The lowest BCUT2D eigenvalue weighted by atomic mass is 10.0. The molecule has 0 aromatic carbocycles. The Kier molecular flexibility index (Phi) is 4.97. The van der Waals surface area contributed by atoms with Gasteiger partial charge >= 0.3 is 0 Å². The normalized spacial score (nSPS) is 17.5. The van der Waals surface area contributed by atoms with E-state index in [9.17, 15) is 4.79 Å². The van der Waals surface area contributed by atoms with Crippen LogP contribution < -0.4 is 0 Å². The number of rotatable bonds is 5. The molecule has 0 saturated carbocycles. The van der Waals surface area contributed by atoms with Crippen LogP contribution in [0, 0.1) is 13.8 Å². The molecule has 1 aliphatic heterocycles. The highest BCUT2D eigenvalue weighted by molar-refractivity contribution is 5.92. The highest BCUT2D eigenvalue weighted by atomic mass is 16.2. The topological polar surface area (TPSA) is 51.0 Å². The van der Waals surface area contributed by atoms with Crippen molar-refractivity contribution in [2.24, 2.45) is 0 Å². The first-order valence-electron chi connectivity index (χ1n) is 8.85. The third-order valence-electron chi connectivity index (χ3n) is 4.87. The largest absolute Gasteiger partial charge is 0.334 e. The van der Waals surface area contributed by atoms with Crippen molar-refractivity contribution in [1.29, 1.82) is 0 Å². The Morgan fingerprint density at radius 3 is 2.88 bits per heavy atom. The maximum Gasteiger partial charge on any atom is 0.274 e. The van der Waals surface area contributed by atoms with E-state index in [1.54, 1.807) is 0 Å². The molecule has 1 saturated heterocycles. The molecule has 1 fully saturated rings. The summed E-state index contributed by atoms with van der Waals surface area (Å²) in [6.45, 7) is 7.70. The van der Waals surface area contributed by atoms with Gasteiger partial charge in [0.25, 0.3) is 5.91 Å². The van der Waals surface area contributed by atoms with Gasteiger partial charge in [-0.15, -0.1) is 0 Å². The molecule has 3 heterocycles. The summed E-state index contributed by atoms with van der Waals surface area (Å²) in [4.78, 5) is 19.1. The van der Waals surface area contributed by atoms with E-state index in [1.165, 1.54) is 5.56 Å². The second-order valence-electron chi connectivity index (χ2n) is 6.63. The van der Waals surface area contributed by atoms with Crippen LogP contribution in [0.5, 0.6) is 0 Å². The molecule has 5 heteroatoms. The molecular weight excluding hydrogens is 300 g/mol. The van der Waals surface area contributed by atoms with Gasteiger partial charge in [-0.25, -0.2) is 0 Å². The molecule has 2 aromatic heterocycles. The SMILES string of the molecule is CCn1nc(C(=O)N2CCCC2CCc2ccnc(C)c2)cc1C. The first-order valence-corrected chi connectivity index (χ1v) is 8.85. The Hall–Kier alpha value is -2.17. The lowest BCUT2D eigenvalue weighted by Gasteiger charge is -2.24. The van der Waals surface area contributed by atoms with Gasteiger partial charge in [0.15, 0.2) is 5.69 Å². The second kappa shape index (κ2) is 7.16. The fraction of sp³-hybridized carbons (Fsp3) is 0.526. The number of carbonyl (C=O) groups is 1. The lowest BCUT2D eigenvalue weighted by Crippen LogP contribution is -2.36. The van der Waals surface area contributed by atoms with Gasteiger partial charge < -0.3 is 4.90 Å². The number of likely N-dealkylation sites (tertiary alicyclic amines) is 1. The predicted octanol–water partition coefficient (Wildman–Crippen LogP) is 3.15. The van der Waals surface area contributed by atoms with Gasteiger partial charge in [-0.2, -0.15) is 5.10 Å². The first-order chi connectivity index (χ1) is 11.6. The molecule has 0 bridgehead atoms. The molecule has 1 amide bonds. The summed E-state index contributed by atoms with van der Waals surface area (Å²) in [5.41, 5.74) is 3.98. The summed E-state index contributed by atoms with van der Waals surface area (Å²) < 4.78 is 1.89. The summed E-state index contributed by atoms with van der Waals surface area (Å²) in [7, 11) is 0. The minimum atomic E-state index is 0.0821. The molecular formula is C19H26N4O. The van der Waals surface area contributed by atoms with Gasteiger partial charge in [-0.1, -0.05) is 0 Å². The quantitative estimate of drug-likeness (QED) is 0.848. The molecule has 128 valence electrons. The number of aromatic nitrogens is 3. The summed E-state index contributed by atoms with van der Waals surface area (Å²) in [5.74, 6) is 0.0821. The zero-order valence-corrected chi connectivity index (χ0v) is 14.8. The van der Waals surface area contributed by atoms with Crippen LogP contribution in [0.15, 0.2) is 24.4 Å². The van der Waals surface area contributed by atoms with Crippen LogP contribution in [-0.4, -0.2) is 38.2 Å². The minimum absolute atomic E-state index is 0.0821. The van der Waals surface area contributed by atoms with Crippen LogP contribution in [-0.2, 0) is 13.0 Å². The molecule has 5 nitrogen and oxygen atoms in total. The van der Waals surface area contributed by atoms with Crippen molar-refractivity contribution in [3.8, 4) is 0 Å². The second-order valence-corrected chi connectivity index (χ2v) is 6.63. The maximum absolute atomic E-state index is 12.8. The van der Waals surface area contributed by atoms with E-state index >= 15 is 0 Å². The molecule has 2 aromatic rings. The van der Waals surface area contributed by atoms with Crippen LogP contribution in [0.1, 0.15) is 53.6 Å². The van der Waals surface area contributed by atoms with Gasteiger partial charge in [0.1, 0.15) is 0 Å². The number of nitrogens with zero attached hydrogens (tertiary/aromatic N) is 4. The van der Waals surface area contributed by atoms with Crippen molar-refractivity contribution in [3.05, 3.63) is 47.0 Å².